The molecule has 0 aromatic heterocycles. The van der Waals surface area contributed by atoms with Crippen LogP contribution < -0.4 is 0 Å². The van der Waals surface area contributed by atoms with E-state index in [9.17, 15) is 0 Å². The van der Waals surface area contributed by atoms with Gasteiger partial charge in [0.1, 0.15) is 0 Å². The Kier molecular flexibility index (Phi) is 6.06. The van der Waals surface area contributed by atoms with Crippen LogP contribution >= 0.6 is 0 Å². The Morgan fingerprint density at radius 2 is 1.29 bits per heavy atom. The molecule has 0 N–H and O–H groups in total. The lowest BCUT2D eigenvalue weighted by molar-refractivity contribution is 0.221. The second kappa shape index (κ2) is 8.46. The van der Waals surface area contributed by atoms with Crippen molar-refractivity contribution in [2.45, 2.75) is 38.9 Å². The lowest BCUT2D eigenvalue weighted by atomic mass is 10.1. The molecule has 1 fully saturated rings. The second-order valence-corrected chi connectivity index (χ2v) is 7.14. The Bertz CT molecular complexity index is 609. The highest BCUT2D eigenvalue weighted by atomic mass is 15.1. The van der Waals surface area contributed by atoms with E-state index in [1.807, 2.05) is 0 Å². The summed E-state index contributed by atoms with van der Waals surface area (Å²) in [4.78, 5) is 4.94. The van der Waals surface area contributed by atoms with Gasteiger partial charge in [-0.3, -0.25) is 9.80 Å². The van der Waals surface area contributed by atoms with Crippen molar-refractivity contribution in [1.29, 1.82) is 0 Å². The maximum absolute atomic E-state index is 3.94. The van der Waals surface area contributed by atoms with Crippen molar-refractivity contribution in [2.24, 2.45) is 0 Å². The first-order valence-corrected chi connectivity index (χ1v) is 9.09. The summed E-state index contributed by atoms with van der Waals surface area (Å²) in [6, 6.07) is 17.7. The summed E-state index contributed by atoms with van der Waals surface area (Å²) in [5.74, 6) is 0. The molecular formula is C22H29N2. The molecule has 1 aliphatic rings. The Labute approximate surface area is 147 Å². The van der Waals surface area contributed by atoms with Gasteiger partial charge in [-0.2, -0.15) is 0 Å². The maximum Gasteiger partial charge on any atom is 0.0234 e. The van der Waals surface area contributed by atoms with Crippen molar-refractivity contribution >= 4 is 0 Å². The van der Waals surface area contributed by atoms with Gasteiger partial charge in [-0.25, -0.2) is 0 Å². The van der Waals surface area contributed by atoms with E-state index in [2.05, 4.69) is 72.3 Å². The second-order valence-electron chi connectivity index (χ2n) is 7.14. The normalized spacial score (nSPS) is 15.8. The molecule has 0 saturated carbocycles. The van der Waals surface area contributed by atoms with Crippen molar-refractivity contribution in [3.8, 4) is 0 Å². The Balaban J connectivity index is 1.50. The lowest BCUT2D eigenvalue weighted by Crippen LogP contribution is -2.29. The number of piperidine rings is 1. The summed E-state index contributed by atoms with van der Waals surface area (Å²) < 4.78 is 0. The van der Waals surface area contributed by atoms with Gasteiger partial charge in [0.2, 0.25) is 0 Å². The molecule has 2 heteroatoms. The maximum atomic E-state index is 3.94. The van der Waals surface area contributed by atoms with Crippen LogP contribution in [0, 0.1) is 6.92 Å². The van der Waals surface area contributed by atoms with Crippen LogP contribution in [0.4, 0.5) is 0 Å². The largest absolute Gasteiger partial charge is 0.299 e. The third-order valence-corrected chi connectivity index (χ3v) is 4.81. The summed E-state index contributed by atoms with van der Waals surface area (Å²) >= 11 is 0. The third-order valence-electron chi connectivity index (χ3n) is 4.81. The zero-order chi connectivity index (χ0) is 16.8. The minimum atomic E-state index is 0.968. The van der Waals surface area contributed by atoms with E-state index >= 15 is 0 Å². The minimum Gasteiger partial charge on any atom is -0.299 e. The van der Waals surface area contributed by atoms with E-state index in [0.29, 0.717) is 0 Å². The van der Waals surface area contributed by atoms with Crippen LogP contribution in [-0.2, 0) is 19.6 Å². The van der Waals surface area contributed by atoms with Crippen LogP contribution in [0.1, 0.15) is 41.5 Å². The molecule has 2 aromatic carbocycles. The molecule has 1 aliphatic heterocycles. The molecule has 0 spiro atoms. The van der Waals surface area contributed by atoms with Crippen LogP contribution in [-0.4, -0.2) is 29.9 Å². The number of hydrogen-bond donors (Lipinski definition) is 0. The van der Waals surface area contributed by atoms with E-state index < -0.39 is 0 Å². The van der Waals surface area contributed by atoms with Gasteiger partial charge in [0.05, 0.1) is 0 Å². The zero-order valence-electron chi connectivity index (χ0n) is 14.9. The number of nitrogens with zero attached hydrogens (tertiary/aromatic N) is 2. The van der Waals surface area contributed by atoms with Crippen molar-refractivity contribution in [3.63, 3.8) is 0 Å². The molecule has 0 unspecified atom stereocenters. The monoisotopic (exact) mass is 321 g/mol. The van der Waals surface area contributed by atoms with Gasteiger partial charge in [0.25, 0.3) is 0 Å². The van der Waals surface area contributed by atoms with Gasteiger partial charge in [-0.05, 0) is 62.2 Å². The van der Waals surface area contributed by atoms with Crippen LogP contribution in [0.15, 0.2) is 48.5 Å². The van der Waals surface area contributed by atoms with E-state index in [0.717, 1.165) is 25.2 Å². The van der Waals surface area contributed by atoms with Crippen molar-refractivity contribution in [1.82, 2.24) is 9.80 Å². The van der Waals surface area contributed by atoms with E-state index in [1.54, 1.807) is 0 Å². The molecule has 0 atom stereocenters. The summed E-state index contributed by atoms with van der Waals surface area (Å²) in [5.41, 5.74) is 5.24. The average molecular weight is 321 g/mol. The molecular weight excluding hydrogens is 292 g/mol. The highest BCUT2D eigenvalue weighted by molar-refractivity contribution is 5.25. The lowest BCUT2D eigenvalue weighted by Gasteiger charge is -2.26. The van der Waals surface area contributed by atoms with Gasteiger partial charge in [-0.15, -0.1) is 0 Å². The van der Waals surface area contributed by atoms with Crippen molar-refractivity contribution in [2.75, 3.05) is 20.1 Å². The number of likely N-dealkylation sites (tertiary alicyclic amines) is 1. The number of hydrogen-bond acceptors (Lipinski definition) is 2. The van der Waals surface area contributed by atoms with Gasteiger partial charge in [0, 0.05) is 19.6 Å². The zero-order valence-corrected chi connectivity index (χ0v) is 14.9. The fraction of sp³-hybridized carbons (Fsp3) is 0.409. The SMILES string of the molecule is [CH2]c1ccc(CN(C)Cc2ccc(CN3CCCCC3)cc2)cc1. The fourth-order valence-electron chi connectivity index (χ4n) is 3.45. The summed E-state index contributed by atoms with van der Waals surface area (Å²) in [6.07, 6.45) is 4.12. The van der Waals surface area contributed by atoms with E-state index in [1.165, 1.54) is 49.0 Å². The quantitative estimate of drug-likeness (QED) is 0.773. The highest BCUT2D eigenvalue weighted by Gasteiger charge is 2.10. The molecule has 127 valence electrons. The van der Waals surface area contributed by atoms with Gasteiger partial charge >= 0.3 is 0 Å². The first kappa shape index (κ1) is 17.2. The highest BCUT2D eigenvalue weighted by Crippen LogP contribution is 2.15. The Morgan fingerprint density at radius 3 is 1.88 bits per heavy atom. The number of benzene rings is 2. The van der Waals surface area contributed by atoms with Crippen molar-refractivity contribution < 1.29 is 0 Å². The summed E-state index contributed by atoms with van der Waals surface area (Å²) in [5, 5.41) is 0. The molecule has 3 rings (SSSR count). The average Bonchev–Trinajstić information content (AvgIpc) is 2.60. The van der Waals surface area contributed by atoms with Crippen molar-refractivity contribution in [3.05, 3.63) is 77.7 Å². The molecule has 24 heavy (non-hydrogen) atoms. The van der Waals surface area contributed by atoms with Crippen LogP contribution in [0.3, 0.4) is 0 Å². The third kappa shape index (κ3) is 5.19. The van der Waals surface area contributed by atoms with Crippen LogP contribution in [0.5, 0.6) is 0 Å². The summed E-state index contributed by atoms with van der Waals surface area (Å²) in [7, 11) is 2.18. The van der Waals surface area contributed by atoms with Crippen LogP contribution in [0.25, 0.3) is 0 Å². The predicted molar refractivity (Wildman–Crippen MR) is 102 cm³/mol. The van der Waals surface area contributed by atoms with Gasteiger partial charge in [0.15, 0.2) is 0 Å². The fourth-order valence-corrected chi connectivity index (χ4v) is 3.45. The minimum absolute atomic E-state index is 0.968. The van der Waals surface area contributed by atoms with Gasteiger partial charge in [-0.1, -0.05) is 55.0 Å². The number of rotatable bonds is 6. The molecule has 0 aliphatic carbocycles. The molecule has 0 amide bonds. The predicted octanol–water partition coefficient (Wildman–Crippen LogP) is 4.49. The summed E-state index contributed by atoms with van der Waals surface area (Å²) in [6.45, 7) is 9.52. The first-order valence-electron chi connectivity index (χ1n) is 9.09. The molecule has 1 heterocycles. The van der Waals surface area contributed by atoms with Gasteiger partial charge < -0.3 is 0 Å². The topological polar surface area (TPSA) is 6.48 Å². The molecule has 0 bridgehead atoms. The smallest absolute Gasteiger partial charge is 0.0234 e. The van der Waals surface area contributed by atoms with E-state index in [-0.39, 0.29) is 0 Å². The Hall–Kier alpha value is -1.64. The van der Waals surface area contributed by atoms with Crippen LogP contribution in [0.2, 0.25) is 0 Å². The van der Waals surface area contributed by atoms with E-state index in [4.69, 9.17) is 0 Å². The first-order chi connectivity index (χ1) is 11.7. The molecule has 2 aromatic rings. The Morgan fingerprint density at radius 1 is 0.792 bits per heavy atom. The molecule has 1 radical (unpaired) electrons. The molecule has 1 saturated heterocycles. The standard InChI is InChI=1S/C22H29N2/c1-19-6-8-20(9-7-19)16-23(2)17-21-10-12-22(13-11-21)18-24-14-4-3-5-15-24/h6-13H,1,3-5,14-18H2,2H3. The molecule has 2 nitrogen and oxygen atoms in total.